The maximum Gasteiger partial charge on any atom is 0.119 e. The minimum atomic E-state index is 0.450. The summed E-state index contributed by atoms with van der Waals surface area (Å²) >= 11 is 0. The van der Waals surface area contributed by atoms with Crippen molar-refractivity contribution in [2.24, 2.45) is 5.92 Å². The van der Waals surface area contributed by atoms with Gasteiger partial charge in [-0.2, -0.15) is 0 Å². The number of benzene rings is 1. The zero-order valence-electron chi connectivity index (χ0n) is 10.1. The van der Waals surface area contributed by atoms with Crippen LogP contribution < -0.4 is 4.74 Å². The first-order chi connectivity index (χ1) is 7.79. The number of hydrogen-bond donors (Lipinski definition) is 0. The normalized spacial score (nSPS) is 24.6. The van der Waals surface area contributed by atoms with Crippen LogP contribution in [0.4, 0.5) is 0 Å². The number of hydrogen-bond acceptors (Lipinski definition) is 2. The Morgan fingerprint density at radius 1 is 1.31 bits per heavy atom. The lowest BCUT2D eigenvalue weighted by molar-refractivity contribution is 0.0206. The summed E-state index contributed by atoms with van der Waals surface area (Å²) in [6.45, 7) is 2.98. The maximum atomic E-state index is 5.95. The standard InChI is InChI=1S/C14H20O2/c1-11-5-3-8-14(11)16-10-12-6-4-7-13(9-12)15-2/h4,6-7,9,11,14H,3,5,8,10H2,1-2H3/t11?,14-/m1/s1. The second-order valence-corrected chi connectivity index (χ2v) is 4.61. The largest absolute Gasteiger partial charge is 0.497 e. The van der Waals surface area contributed by atoms with Crippen molar-refractivity contribution in [1.29, 1.82) is 0 Å². The Balaban J connectivity index is 1.88. The van der Waals surface area contributed by atoms with Crippen LogP contribution in [0.5, 0.6) is 5.75 Å². The van der Waals surface area contributed by atoms with Crippen molar-refractivity contribution in [2.45, 2.75) is 38.9 Å². The number of methoxy groups -OCH3 is 1. The fraction of sp³-hybridized carbons (Fsp3) is 0.571. The van der Waals surface area contributed by atoms with Gasteiger partial charge in [-0.3, -0.25) is 0 Å². The van der Waals surface area contributed by atoms with Gasteiger partial charge in [0.25, 0.3) is 0 Å². The molecule has 1 aromatic carbocycles. The summed E-state index contributed by atoms with van der Waals surface area (Å²) in [5, 5.41) is 0. The van der Waals surface area contributed by atoms with Crippen LogP contribution in [0.15, 0.2) is 24.3 Å². The van der Waals surface area contributed by atoms with Crippen molar-refractivity contribution < 1.29 is 9.47 Å². The molecule has 1 aromatic rings. The van der Waals surface area contributed by atoms with Crippen LogP contribution in [0.3, 0.4) is 0 Å². The molecular weight excluding hydrogens is 200 g/mol. The van der Waals surface area contributed by atoms with E-state index in [2.05, 4.69) is 13.0 Å². The summed E-state index contributed by atoms with van der Waals surface area (Å²) in [7, 11) is 1.69. The first-order valence-corrected chi connectivity index (χ1v) is 6.04. The average molecular weight is 220 g/mol. The molecule has 2 atom stereocenters. The van der Waals surface area contributed by atoms with Gasteiger partial charge >= 0.3 is 0 Å². The summed E-state index contributed by atoms with van der Waals surface area (Å²) in [6, 6.07) is 8.10. The minimum absolute atomic E-state index is 0.450. The Bertz CT molecular complexity index is 335. The third-order valence-electron chi connectivity index (χ3n) is 3.38. The topological polar surface area (TPSA) is 18.5 Å². The zero-order valence-corrected chi connectivity index (χ0v) is 10.1. The van der Waals surface area contributed by atoms with Gasteiger partial charge in [-0.05, 0) is 36.5 Å². The van der Waals surface area contributed by atoms with Gasteiger partial charge in [-0.15, -0.1) is 0 Å². The van der Waals surface area contributed by atoms with E-state index in [4.69, 9.17) is 9.47 Å². The SMILES string of the molecule is COc1cccc(CO[C@@H]2CCCC2C)c1. The summed E-state index contributed by atoms with van der Waals surface area (Å²) in [6.07, 6.45) is 4.28. The summed E-state index contributed by atoms with van der Waals surface area (Å²) in [4.78, 5) is 0. The molecule has 2 heteroatoms. The summed E-state index contributed by atoms with van der Waals surface area (Å²) in [5.74, 6) is 1.62. The Morgan fingerprint density at radius 3 is 2.88 bits per heavy atom. The van der Waals surface area contributed by atoms with E-state index in [0.717, 1.165) is 5.75 Å². The molecule has 0 spiro atoms. The molecule has 0 bridgehead atoms. The van der Waals surface area contributed by atoms with E-state index in [1.165, 1.54) is 24.8 Å². The molecule has 0 radical (unpaired) electrons. The Hall–Kier alpha value is -1.02. The number of ether oxygens (including phenoxy) is 2. The van der Waals surface area contributed by atoms with Crippen LogP contribution in [-0.4, -0.2) is 13.2 Å². The van der Waals surface area contributed by atoms with Gasteiger partial charge in [0, 0.05) is 0 Å². The van der Waals surface area contributed by atoms with Gasteiger partial charge in [-0.25, -0.2) is 0 Å². The van der Waals surface area contributed by atoms with Gasteiger partial charge in [0.05, 0.1) is 19.8 Å². The number of rotatable bonds is 4. The smallest absolute Gasteiger partial charge is 0.119 e. The summed E-state index contributed by atoms with van der Waals surface area (Å²) < 4.78 is 11.1. The fourth-order valence-corrected chi connectivity index (χ4v) is 2.32. The van der Waals surface area contributed by atoms with Gasteiger partial charge in [0.2, 0.25) is 0 Å². The van der Waals surface area contributed by atoms with Crippen molar-refractivity contribution in [3.63, 3.8) is 0 Å². The van der Waals surface area contributed by atoms with E-state index in [1.807, 2.05) is 18.2 Å². The van der Waals surface area contributed by atoms with E-state index in [0.29, 0.717) is 18.6 Å². The lowest BCUT2D eigenvalue weighted by Gasteiger charge is -2.16. The van der Waals surface area contributed by atoms with E-state index in [1.54, 1.807) is 7.11 Å². The molecule has 0 amide bonds. The first-order valence-electron chi connectivity index (χ1n) is 6.04. The first kappa shape index (κ1) is 11.5. The third kappa shape index (κ3) is 2.76. The lowest BCUT2D eigenvalue weighted by atomic mass is 10.1. The minimum Gasteiger partial charge on any atom is -0.497 e. The van der Waals surface area contributed by atoms with Crippen molar-refractivity contribution in [3.8, 4) is 5.75 Å². The third-order valence-corrected chi connectivity index (χ3v) is 3.38. The molecule has 2 nitrogen and oxygen atoms in total. The predicted octanol–water partition coefficient (Wildman–Crippen LogP) is 3.40. The molecule has 1 aliphatic rings. The monoisotopic (exact) mass is 220 g/mol. The van der Waals surface area contributed by atoms with Crippen LogP contribution in [0.1, 0.15) is 31.7 Å². The highest BCUT2D eigenvalue weighted by Crippen LogP contribution is 2.28. The summed E-state index contributed by atoms with van der Waals surface area (Å²) in [5.41, 5.74) is 1.19. The van der Waals surface area contributed by atoms with Gasteiger partial charge in [0.1, 0.15) is 5.75 Å². The van der Waals surface area contributed by atoms with Crippen molar-refractivity contribution in [2.75, 3.05) is 7.11 Å². The van der Waals surface area contributed by atoms with Crippen molar-refractivity contribution in [1.82, 2.24) is 0 Å². The van der Waals surface area contributed by atoms with E-state index in [-0.39, 0.29) is 0 Å². The van der Waals surface area contributed by atoms with Crippen molar-refractivity contribution >= 4 is 0 Å². The van der Waals surface area contributed by atoms with E-state index >= 15 is 0 Å². The maximum absolute atomic E-state index is 5.95. The molecule has 0 N–H and O–H groups in total. The molecule has 0 aliphatic heterocycles. The molecule has 16 heavy (non-hydrogen) atoms. The molecule has 0 saturated heterocycles. The Kier molecular flexibility index (Phi) is 3.83. The van der Waals surface area contributed by atoms with Crippen LogP contribution in [0.25, 0.3) is 0 Å². The highest BCUT2D eigenvalue weighted by molar-refractivity contribution is 5.27. The second-order valence-electron chi connectivity index (χ2n) is 4.61. The van der Waals surface area contributed by atoms with Gasteiger partial charge in [-0.1, -0.05) is 25.5 Å². The van der Waals surface area contributed by atoms with Gasteiger partial charge in [0.15, 0.2) is 0 Å². The molecular formula is C14H20O2. The quantitative estimate of drug-likeness (QED) is 0.774. The van der Waals surface area contributed by atoms with Crippen molar-refractivity contribution in [3.05, 3.63) is 29.8 Å². The van der Waals surface area contributed by atoms with Crippen LogP contribution in [0.2, 0.25) is 0 Å². The molecule has 0 aromatic heterocycles. The second kappa shape index (κ2) is 5.35. The molecule has 1 unspecified atom stereocenters. The van der Waals surface area contributed by atoms with Gasteiger partial charge < -0.3 is 9.47 Å². The van der Waals surface area contributed by atoms with Crippen LogP contribution >= 0.6 is 0 Å². The average Bonchev–Trinajstić information content (AvgIpc) is 2.72. The lowest BCUT2D eigenvalue weighted by Crippen LogP contribution is -2.15. The highest BCUT2D eigenvalue weighted by atomic mass is 16.5. The fourth-order valence-electron chi connectivity index (χ4n) is 2.32. The predicted molar refractivity (Wildman–Crippen MR) is 64.6 cm³/mol. The van der Waals surface area contributed by atoms with Crippen LogP contribution in [-0.2, 0) is 11.3 Å². The molecule has 0 heterocycles. The molecule has 2 rings (SSSR count). The van der Waals surface area contributed by atoms with E-state index in [9.17, 15) is 0 Å². The molecule has 88 valence electrons. The Labute approximate surface area is 97.6 Å². The Morgan fingerprint density at radius 2 is 2.19 bits per heavy atom. The molecule has 1 saturated carbocycles. The highest BCUT2D eigenvalue weighted by Gasteiger charge is 2.23. The zero-order chi connectivity index (χ0) is 11.4. The van der Waals surface area contributed by atoms with E-state index < -0.39 is 0 Å². The molecule has 1 aliphatic carbocycles. The molecule has 1 fully saturated rings. The van der Waals surface area contributed by atoms with Crippen LogP contribution in [0, 0.1) is 5.92 Å².